The molecule has 0 amide bonds. The van der Waals surface area contributed by atoms with E-state index in [1.165, 1.54) is 11.1 Å². The third-order valence-electron chi connectivity index (χ3n) is 3.81. The van der Waals surface area contributed by atoms with Gasteiger partial charge in [-0.15, -0.1) is 0 Å². The number of nitrogens with zero attached hydrogens (tertiary/aromatic N) is 2. The van der Waals surface area contributed by atoms with Crippen LogP contribution >= 0.6 is 0 Å². The van der Waals surface area contributed by atoms with Gasteiger partial charge in [0.15, 0.2) is 0 Å². The highest BCUT2D eigenvalue weighted by Crippen LogP contribution is 2.18. The Morgan fingerprint density at radius 2 is 2.23 bits per heavy atom. The van der Waals surface area contributed by atoms with Crippen molar-refractivity contribution in [2.45, 2.75) is 26.2 Å². The number of allylic oxidation sites excluding steroid dienone is 4. The van der Waals surface area contributed by atoms with Gasteiger partial charge in [0, 0.05) is 12.6 Å². The molecular formula is C18H18N2O2. The zero-order chi connectivity index (χ0) is 15.5. The second kappa shape index (κ2) is 6.02. The molecule has 0 aliphatic heterocycles. The van der Waals surface area contributed by atoms with Crippen molar-refractivity contribution in [3.63, 3.8) is 0 Å². The van der Waals surface area contributed by atoms with Gasteiger partial charge in [-0.25, -0.2) is 9.48 Å². The fourth-order valence-electron chi connectivity index (χ4n) is 2.57. The molecule has 1 N–H and O–H groups in total. The van der Waals surface area contributed by atoms with E-state index >= 15 is 0 Å². The number of benzene rings is 1. The number of aromatic nitrogens is 2. The molecule has 1 heterocycles. The maximum absolute atomic E-state index is 11.1. The molecule has 1 aromatic heterocycles. The van der Waals surface area contributed by atoms with E-state index in [-0.39, 0.29) is 5.56 Å². The molecule has 1 aliphatic carbocycles. The summed E-state index contributed by atoms with van der Waals surface area (Å²) in [5, 5.41) is 13.8. The number of carboxylic acids is 1. The predicted octanol–water partition coefficient (Wildman–Crippen LogP) is 3.56. The van der Waals surface area contributed by atoms with Crippen molar-refractivity contribution in [1.82, 2.24) is 9.78 Å². The van der Waals surface area contributed by atoms with E-state index in [1.807, 2.05) is 12.3 Å². The standard InChI is InChI=1S/C18H18N2O2/c1-13-5-2-3-6-15-12-20(19-17(15)10-9-13)16-8-4-7-14(11-16)18(21)22/h2,4-5,7-9,11-12H,3,6,10H2,1H3,(H,21,22)/b5-2-,13-9-. The molecule has 0 unspecified atom stereocenters. The van der Waals surface area contributed by atoms with Crippen LogP contribution in [-0.4, -0.2) is 20.9 Å². The Balaban J connectivity index is 1.97. The molecule has 0 fully saturated rings. The van der Waals surface area contributed by atoms with Crippen LogP contribution in [0.1, 0.15) is 35.0 Å². The minimum absolute atomic E-state index is 0.274. The van der Waals surface area contributed by atoms with Crippen LogP contribution in [0.5, 0.6) is 0 Å². The molecule has 1 aliphatic rings. The first-order valence-electron chi connectivity index (χ1n) is 7.38. The van der Waals surface area contributed by atoms with Gasteiger partial charge in [0.1, 0.15) is 0 Å². The van der Waals surface area contributed by atoms with Gasteiger partial charge < -0.3 is 5.11 Å². The number of aryl methyl sites for hydroxylation is 1. The summed E-state index contributed by atoms with van der Waals surface area (Å²) in [6.07, 6.45) is 11.3. The Kier molecular flexibility index (Phi) is 3.92. The summed E-state index contributed by atoms with van der Waals surface area (Å²) in [5.41, 5.74) is 4.58. The van der Waals surface area contributed by atoms with Crippen LogP contribution in [0.15, 0.2) is 54.3 Å². The Labute approximate surface area is 129 Å². The summed E-state index contributed by atoms with van der Waals surface area (Å²) < 4.78 is 1.78. The topological polar surface area (TPSA) is 55.1 Å². The minimum Gasteiger partial charge on any atom is -0.478 e. The largest absolute Gasteiger partial charge is 0.478 e. The molecule has 0 spiro atoms. The molecule has 4 heteroatoms. The molecule has 3 rings (SSSR count). The normalized spacial score (nSPS) is 18.3. The van der Waals surface area contributed by atoms with E-state index in [9.17, 15) is 4.79 Å². The number of fused-ring (bicyclic) bond motifs is 1. The Morgan fingerprint density at radius 3 is 3.05 bits per heavy atom. The lowest BCUT2D eigenvalue weighted by molar-refractivity contribution is 0.0697. The van der Waals surface area contributed by atoms with Crippen LogP contribution in [0.25, 0.3) is 5.69 Å². The third kappa shape index (κ3) is 3.01. The van der Waals surface area contributed by atoms with Crippen LogP contribution in [0.4, 0.5) is 0 Å². The summed E-state index contributed by atoms with van der Waals surface area (Å²) in [6, 6.07) is 6.86. The zero-order valence-corrected chi connectivity index (χ0v) is 12.5. The van der Waals surface area contributed by atoms with Gasteiger partial charge in [-0.05, 0) is 43.5 Å². The number of carboxylic acid groups (broad SMARTS) is 1. The number of rotatable bonds is 2. The maximum atomic E-state index is 11.1. The molecule has 2 aromatic rings. The first-order chi connectivity index (χ1) is 10.6. The van der Waals surface area contributed by atoms with E-state index < -0.39 is 5.97 Å². The summed E-state index contributed by atoms with van der Waals surface area (Å²) in [7, 11) is 0. The maximum Gasteiger partial charge on any atom is 0.335 e. The van der Waals surface area contributed by atoms with Crippen molar-refractivity contribution in [2.75, 3.05) is 0 Å². The average Bonchev–Trinajstić information content (AvgIpc) is 2.94. The Morgan fingerprint density at radius 1 is 1.36 bits per heavy atom. The lowest BCUT2D eigenvalue weighted by atomic mass is 10.1. The van der Waals surface area contributed by atoms with E-state index in [0.29, 0.717) is 0 Å². The molecular weight excluding hydrogens is 276 g/mol. The van der Waals surface area contributed by atoms with Gasteiger partial charge in [0.05, 0.1) is 16.9 Å². The zero-order valence-electron chi connectivity index (χ0n) is 12.5. The molecule has 22 heavy (non-hydrogen) atoms. The lowest BCUT2D eigenvalue weighted by Gasteiger charge is -2.02. The van der Waals surface area contributed by atoms with Gasteiger partial charge in [0.25, 0.3) is 0 Å². The van der Waals surface area contributed by atoms with Crippen LogP contribution < -0.4 is 0 Å². The van der Waals surface area contributed by atoms with E-state index in [0.717, 1.165) is 30.6 Å². The fourth-order valence-corrected chi connectivity index (χ4v) is 2.57. The second-order valence-electron chi connectivity index (χ2n) is 5.49. The van der Waals surface area contributed by atoms with Crippen molar-refractivity contribution in [1.29, 1.82) is 0 Å². The van der Waals surface area contributed by atoms with Crippen LogP contribution in [0.3, 0.4) is 0 Å². The van der Waals surface area contributed by atoms with Crippen LogP contribution in [-0.2, 0) is 12.8 Å². The van der Waals surface area contributed by atoms with E-state index in [2.05, 4.69) is 30.3 Å². The monoisotopic (exact) mass is 294 g/mol. The first-order valence-corrected chi connectivity index (χ1v) is 7.38. The molecule has 1 aromatic carbocycles. The third-order valence-corrected chi connectivity index (χ3v) is 3.81. The van der Waals surface area contributed by atoms with Gasteiger partial charge in [-0.1, -0.05) is 29.9 Å². The second-order valence-corrected chi connectivity index (χ2v) is 5.49. The summed E-state index contributed by atoms with van der Waals surface area (Å²) in [5.74, 6) is -0.924. The Bertz CT molecular complexity index is 769. The lowest BCUT2D eigenvalue weighted by Crippen LogP contribution is -2.00. The fraction of sp³-hybridized carbons (Fsp3) is 0.222. The molecule has 112 valence electrons. The number of hydrogen-bond acceptors (Lipinski definition) is 2. The van der Waals surface area contributed by atoms with Crippen molar-refractivity contribution in [3.8, 4) is 5.69 Å². The first kappa shape index (κ1) is 14.3. The Hall–Kier alpha value is -2.62. The van der Waals surface area contributed by atoms with E-state index in [4.69, 9.17) is 5.11 Å². The number of hydrogen-bond donors (Lipinski definition) is 1. The van der Waals surface area contributed by atoms with Crippen LogP contribution in [0, 0.1) is 0 Å². The molecule has 0 saturated heterocycles. The summed E-state index contributed by atoms with van der Waals surface area (Å²) in [6.45, 7) is 2.09. The quantitative estimate of drug-likeness (QED) is 0.921. The van der Waals surface area contributed by atoms with Crippen LogP contribution in [0.2, 0.25) is 0 Å². The molecule has 0 radical (unpaired) electrons. The highest BCUT2D eigenvalue weighted by Gasteiger charge is 2.11. The smallest absolute Gasteiger partial charge is 0.335 e. The van der Waals surface area contributed by atoms with Gasteiger partial charge in [-0.3, -0.25) is 0 Å². The molecule has 0 atom stereocenters. The van der Waals surface area contributed by atoms with Gasteiger partial charge in [0.2, 0.25) is 0 Å². The summed E-state index contributed by atoms with van der Waals surface area (Å²) >= 11 is 0. The highest BCUT2D eigenvalue weighted by atomic mass is 16.4. The van der Waals surface area contributed by atoms with Gasteiger partial charge >= 0.3 is 5.97 Å². The highest BCUT2D eigenvalue weighted by molar-refractivity contribution is 5.88. The van der Waals surface area contributed by atoms with Crippen molar-refractivity contribution < 1.29 is 9.90 Å². The van der Waals surface area contributed by atoms with Crippen molar-refractivity contribution in [2.24, 2.45) is 0 Å². The molecule has 4 nitrogen and oxygen atoms in total. The number of aromatic carboxylic acids is 1. The van der Waals surface area contributed by atoms with E-state index in [1.54, 1.807) is 22.9 Å². The minimum atomic E-state index is -0.924. The number of carbonyl (C=O) groups is 1. The summed E-state index contributed by atoms with van der Waals surface area (Å²) in [4.78, 5) is 11.1. The molecule has 0 bridgehead atoms. The van der Waals surface area contributed by atoms with Gasteiger partial charge in [-0.2, -0.15) is 5.10 Å². The SMILES string of the molecule is CC1=C/Cc2nn(-c3cccc(C(=O)O)c3)cc2CC/C=C\1. The molecule has 0 saturated carbocycles. The van der Waals surface area contributed by atoms with Crippen molar-refractivity contribution >= 4 is 5.97 Å². The average molecular weight is 294 g/mol. The van der Waals surface area contributed by atoms with Crippen molar-refractivity contribution in [3.05, 3.63) is 71.1 Å². The predicted molar refractivity (Wildman–Crippen MR) is 85.4 cm³/mol.